The molecule has 4 aromatic rings. The van der Waals surface area contributed by atoms with Crippen LogP contribution in [0.1, 0.15) is 21.5 Å². The van der Waals surface area contributed by atoms with Crippen LogP contribution in [0.3, 0.4) is 0 Å². The van der Waals surface area contributed by atoms with Crippen LogP contribution in [0.5, 0.6) is 11.5 Å². The van der Waals surface area contributed by atoms with E-state index in [2.05, 4.69) is 41.0 Å². The van der Waals surface area contributed by atoms with Crippen molar-refractivity contribution in [2.24, 2.45) is 0 Å². The predicted molar refractivity (Wildman–Crippen MR) is 139 cm³/mol. The van der Waals surface area contributed by atoms with Gasteiger partial charge in [-0.3, -0.25) is 0 Å². The monoisotopic (exact) mass is 485 g/mol. The van der Waals surface area contributed by atoms with Crippen LogP contribution < -0.4 is 4.74 Å². The molecular weight excluding hydrogens is 454 g/mol. The van der Waals surface area contributed by atoms with Crippen LogP contribution >= 0.6 is 0 Å². The number of ether oxygens (including phenoxy) is 2. The van der Waals surface area contributed by atoms with Gasteiger partial charge in [-0.1, -0.05) is 24.3 Å². The Labute approximate surface area is 211 Å². The van der Waals surface area contributed by atoms with E-state index >= 15 is 0 Å². The van der Waals surface area contributed by atoms with Gasteiger partial charge >= 0.3 is 5.97 Å². The van der Waals surface area contributed by atoms with Gasteiger partial charge in [-0.2, -0.15) is 0 Å². The molecular formula is C29H31N3O4. The number of oxazole rings is 1. The van der Waals surface area contributed by atoms with E-state index in [4.69, 9.17) is 13.9 Å². The van der Waals surface area contributed by atoms with Crippen molar-refractivity contribution in [1.29, 1.82) is 0 Å². The summed E-state index contributed by atoms with van der Waals surface area (Å²) in [6, 6.07) is 23.4. The number of hydrogen-bond donors (Lipinski definition) is 0. The van der Waals surface area contributed by atoms with Crippen molar-refractivity contribution in [1.82, 2.24) is 14.8 Å². The molecule has 1 heterocycles. The number of carbonyl (C=O) groups is 1. The third-order valence-corrected chi connectivity index (χ3v) is 5.84. The maximum atomic E-state index is 11.6. The van der Waals surface area contributed by atoms with Gasteiger partial charge in [0.2, 0.25) is 5.89 Å². The van der Waals surface area contributed by atoms with Gasteiger partial charge in [0.25, 0.3) is 0 Å². The number of methoxy groups -OCH3 is 1. The van der Waals surface area contributed by atoms with Gasteiger partial charge in [-0.05, 0) is 73.8 Å². The minimum atomic E-state index is -0.311. The SMILES string of the molecule is COC(=O)c1ccc(CN(C)CCN(C)Cc2ccc(Oc3ccc(-c4ncco4)cc3)cc2)cc1. The van der Waals surface area contributed by atoms with E-state index in [9.17, 15) is 4.79 Å². The lowest BCUT2D eigenvalue weighted by Gasteiger charge is -2.22. The second-order valence-corrected chi connectivity index (χ2v) is 8.77. The molecule has 186 valence electrons. The second-order valence-electron chi connectivity index (χ2n) is 8.77. The highest BCUT2D eigenvalue weighted by Gasteiger charge is 2.08. The quantitative estimate of drug-likeness (QED) is 0.260. The molecule has 7 heteroatoms. The lowest BCUT2D eigenvalue weighted by Crippen LogP contribution is -2.30. The molecule has 0 amide bonds. The van der Waals surface area contributed by atoms with E-state index in [1.165, 1.54) is 12.7 Å². The summed E-state index contributed by atoms with van der Waals surface area (Å²) in [6.45, 7) is 3.54. The largest absolute Gasteiger partial charge is 0.465 e. The zero-order valence-corrected chi connectivity index (χ0v) is 20.9. The molecule has 0 fully saturated rings. The fourth-order valence-electron chi connectivity index (χ4n) is 3.82. The summed E-state index contributed by atoms with van der Waals surface area (Å²) in [5.41, 5.74) is 3.87. The van der Waals surface area contributed by atoms with E-state index in [1.807, 2.05) is 60.7 Å². The fourth-order valence-corrected chi connectivity index (χ4v) is 3.82. The summed E-state index contributed by atoms with van der Waals surface area (Å²) in [6.07, 6.45) is 3.19. The summed E-state index contributed by atoms with van der Waals surface area (Å²) in [5, 5.41) is 0. The molecule has 0 N–H and O–H groups in total. The zero-order valence-electron chi connectivity index (χ0n) is 20.9. The molecule has 0 atom stereocenters. The number of aromatic nitrogens is 1. The van der Waals surface area contributed by atoms with Crippen molar-refractivity contribution in [2.75, 3.05) is 34.3 Å². The Morgan fingerprint density at radius 1 is 0.806 bits per heavy atom. The predicted octanol–water partition coefficient (Wildman–Crippen LogP) is 5.48. The molecule has 0 saturated heterocycles. The highest BCUT2D eigenvalue weighted by atomic mass is 16.5. The van der Waals surface area contributed by atoms with Crippen molar-refractivity contribution in [3.8, 4) is 23.0 Å². The molecule has 0 spiro atoms. The third kappa shape index (κ3) is 7.04. The number of hydrogen-bond acceptors (Lipinski definition) is 7. The summed E-state index contributed by atoms with van der Waals surface area (Å²) >= 11 is 0. The lowest BCUT2D eigenvalue weighted by atomic mass is 10.1. The number of likely N-dealkylation sites (N-methyl/N-ethyl adjacent to an activating group) is 2. The molecule has 4 rings (SSSR count). The van der Waals surface area contributed by atoms with Crippen molar-refractivity contribution < 1.29 is 18.7 Å². The molecule has 0 radical (unpaired) electrons. The van der Waals surface area contributed by atoms with E-state index in [0.717, 1.165) is 48.8 Å². The highest BCUT2D eigenvalue weighted by Crippen LogP contribution is 2.25. The first kappa shape index (κ1) is 25.2. The molecule has 1 aromatic heterocycles. The van der Waals surface area contributed by atoms with Crippen LogP contribution in [-0.4, -0.2) is 55.0 Å². The second kappa shape index (κ2) is 12.2. The maximum Gasteiger partial charge on any atom is 0.337 e. The Balaban J connectivity index is 1.21. The number of carbonyl (C=O) groups excluding carboxylic acids is 1. The average molecular weight is 486 g/mol. The minimum Gasteiger partial charge on any atom is -0.465 e. The Bertz CT molecular complexity index is 1220. The number of nitrogens with zero attached hydrogens (tertiary/aromatic N) is 3. The maximum absolute atomic E-state index is 11.6. The van der Waals surface area contributed by atoms with Gasteiger partial charge in [0.1, 0.15) is 17.8 Å². The topological polar surface area (TPSA) is 68.0 Å². The first-order chi connectivity index (χ1) is 17.5. The smallest absolute Gasteiger partial charge is 0.337 e. The van der Waals surface area contributed by atoms with Crippen LogP contribution in [-0.2, 0) is 17.8 Å². The Hall–Kier alpha value is -3.94. The molecule has 3 aromatic carbocycles. The first-order valence-electron chi connectivity index (χ1n) is 11.8. The Morgan fingerprint density at radius 3 is 1.83 bits per heavy atom. The van der Waals surface area contributed by atoms with E-state index in [0.29, 0.717) is 11.5 Å². The molecule has 0 saturated carbocycles. The van der Waals surface area contributed by atoms with E-state index in [-0.39, 0.29) is 5.97 Å². The van der Waals surface area contributed by atoms with Crippen LogP contribution in [0, 0.1) is 0 Å². The third-order valence-electron chi connectivity index (χ3n) is 5.84. The first-order valence-corrected chi connectivity index (χ1v) is 11.8. The van der Waals surface area contributed by atoms with Crippen LogP contribution in [0.2, 0.25) is 0 Å². The summed E-state index contributed by atoms with van der Waals surface area (Å²) < 4.78 is 16.1. The standard InChI is InChI=1S/C29H31N3O4/c1-31(20-22-4-8-25(9-5-22)29(33)34-3)17-18-32(2)21-23-6-12-26(13-7-23)36-27-14-10-24(11-15-27)28-30-16-19-35-28/h4-16,19H,17-18,20-21H2,1-3H3. The van der Waals surface area contributed by atoms with E-state index < -0.39 is 0 Å². The van der Waals surface area contributed by atoms with Crippen molar-refractivity contribution in [3.63, 3.8) is 0 Å². The number of rotatable bonds is 11. The molecule has 0 aliphatic heterocycles. The molecule has 0 aliphatic carbocycles. The summed E-state index contributed by atoms with van der Waals surface area (Å²) in [4.78, 5) is 20.3. The zero-order chi connectivity index (χ0) is 25.3. The van der Waals surface area contributed by atoms with Crippen LogP contribution in [0.25, 0.3) is 11.5 Å². The van der Waals surface area contributed by atoms with Crippen molar-refractivity contribution >= 4 is 5.97 Å². The van der Waals surface area contributed by atoms with Gasteiger partial charge in [-0.25, -0.2) is 9.78 Å². The highest BCUT2D eigenvalue weighted by molar-refractivity contribution is 5.89. The van der Waals surface area contributed by atoms with Crippen LogP contribution in [0.4, 0.5) is 0 Å². The van der Waals surface area contributed by atoms with Crippen LogP contribution in [0.15, 0.2) is 89.7 Å². The van der Waals surface area contributed by atoms with Gasteiger partial charge in [0.15, 0.2) is 0 Å². The lowest BCUT2D eigenvalue weighted by molar-refractivity contribution is 0.0600. The van der Waals surface area contributed by atoms with Gasteiger partial charge < -0.3 is 23.7 Å². The molecule has 36 heavy (non-hydrogen) atoms. The Kier molecular flexibility index (Phi) is 8.49. The van der Waals surface area contributed by atoms with E-state index in [1.54, 1.807) is 12.5 Å². The average Bonchev–Trinajstić information content (AvgIpc) is 3.44. The summed E-state index contributed by atoms with van der Waals surface area (Å²) in [5.74, 6) is 1.84. The summed E-state index contributed by atoms with van der Waals surface area (Å²) in [7, 11) is 5.62. The van der Waals surface area contributed by atoms with Crippen molar-refractivity contribution in [2.45, 2.75) is 13.1 Å². The van der Waals surface area contributed by atoms with Crippen molar-refractivity contribution in [3.05, 3.63) is 102 Å². The Morgan fingerprint density at radius 2 is 1.33 bits per heavy atom. The molecule has 0 bridgehead atoms. The molecule has 0 aliphatic rings. The number of benzene rings is 3. The van der Waals surface area contributed by atoms with Gasteiger partial charge in [0, 0.05) is 31.7 Å². The van der Waals surface area contributed by atoms with Gasteiger partial charge in [-0.15, -0.1) is 0 Å². The fraction of sp³-hybridized carbons (Fsp3) is 0.241. The molecule has 0 unspecified atom stereocenters. The number of esters is 1. The van der Waals surface area contributed by atoms with Gasteiger partial charge in [0.05, 0.1) is 18.9 Å². The minimum absolute atomic E-state index is 0.311. The molecule has 7 nitrogen and oxygen atoms in total. The normalized spacial score (nSPS) is 11.1.